The normalized spacial score (nSPS) is 29.1. The van der Waals surface area contributed by atoms with Crippen molar-refractivity contribution in [1.82, 2.24) is 5.32 Å². The van der Waals surface area contributed by atoms with Gasteiger partial charge in [0.1, 0.15) is 18.3 Å². The third-order valence-electron chi connectivity index (χ3n) is 6.08. The molecular formula is C25H41NO5. The Morgan fingerprint density at radius 3 is 2.45 bits per heavy atom. The van der Waals surface area contributed by atoms with E-state index < -0.39 is 24.3 Å². The van der Waals surface area contributed by atoms with E-state index in [0.29, 0.717) is 6.54 Å². The summed E-state index contributed by atoms with van der Waals surface area (Å²) in [5.41, 5.74) is 1.11. The van der Waals surface area contributed by atoms with Crippen molar-refractivity contribution >= 4 is 0 Å². The molecule has 0 saturated carbocycles. The van der Waals surface area contributed by atoms with Crippen LogP contribution in [0, 0.1) is 0 Å². The predicted octanol–water partition coefficient (Wildman–Crippen LogP) is 4.32. The maximum atomic E-state index is 10.9. The third kappa shape index (κ3) is 6.73. The van der Waals surface area contributed by atoms with Crippen LogP contribution < -0.4 is 5.32 Å². The van der Waals surface area contributed by atoms with Crippen LogP contribution in [-0.2, 0) is 18.9 Å². The Morgan fingerprint density at radius 2 is 1.74 bits per heavy atom. The van der Waals surface area contributed by atoms with Gasteiger partial charge in [-0.25, -0.2) is 0 Å². The number of hydrogen-bond donors (Lipinski definition) is 2. The molecule has 0 amide bonds. The SMILES string of the molecule is CCCCCCCNC[C@@H](O)[C@H]1O[C@H](OC(CC)c2ccccc2)[C@H]2OC(C)(C)O[C@H]21. The lowest BCUT2D eigenvalue weighted by Crippen LogP contribution is -2.44. The van der Waals surface area contributed by atoms with E-state index in [0.717, 1.165) is 24.9 Å². The second-order valence-corrected chi connectivity index (χ2v) is 9.16. The van der Waals surface area contributed by atoms with E-state index in [-0.39, 0.29) is 18.3 Å². The molecule has 1 aromatic carbocycles. The Morgan fingerprint density at radius 1 is 1.03 bits per heavy atom. The first kappa shape index (κ1) is 24.6. The zero-order valence-electron chi connectivity index (χ0n) is 19.6. The Hall–Kier alpha value is -1.02. The lowest BCUT2D eigenvalue weighted by Gasteiger charge is -2.28. The highest BCUT2D eigenvalue weighted by Gasteiger charge is 2.57. The number of benzene rings is 1. The number of rotatable bonds is 13. The fourth-order valence-corrected chi connectivity index (χ4v) is 4.47. The highest BCUT2D eigenvalue weighted by atomic mass is 16.8. The molecule has 2 aliphatic heterocycles. The molecule has 2 heterocycles. The van der Waals surface area contributed by atoms with Crippen molar-refractivity contribution in [2.24, 2.45) is 0 Å². The molecule has 2 saturated heterocycles. The molecule has 0 radical (unpaired) electrons. The maximum absolute atomic E-state index is 10.9. The Balaban J connectivity index is 1.56. The van der Waals surface area contributed by atoms with Gasteiger partial charge in [-0.2, -0.15) is 0 Å². The van der Waals surface area contributed by atoms with Gasteiger partial charge in [0, 0.05) is 6.54 Å². The molecule has 2 aliphatic rings. The monoisotopic (exact) mass is 435 g/mol. The number of aliphatic hydroxyl groups excluding tert-OH is 1. The number of ether oxygens (including phenoxy) is 4. The van der Waals surface area contributed by atoms with Crippen LogP contribution >= 0.6 is 0 Å². The fraction of sp³-hybridized carbons (Fsp3) is 0.760. The minimum Gasteiger partial charge on any atom is -0.389 e. The van der Waals surface area contributed by atoms with Crippen molar-refractivity contribution in [3.05, 3.63) is 35.9 Å². The molecule has 2 fully saturated rings. The van der Waals surface area contributed by atoms with Crippen LogP contribution in [0.3, 0.4) is 0 Å². The largest absolute Gasteiger partial charge is 0.389 e. The summed E-state index contributed by atoms with van der Waals surface area (Å²) >= 11 is 0. The first-order chi connectivity index (χ1) is 14.9. The number of aliphatic hydroxyl groups is 1. The Kier molecular flexibility index (Phi) is 9.32. The van der Waals surface area contributed by atoms with Crippen LogP contribution in [-0.4, -0.2) is 54.7 Å². The van der Waals surface area contributed by atoms with E-state index in [1.54, 1.807) is 0 Å². The molecule has 2 N–H and O–H groups in total. The van der Waals surface area contributed by atoms with Gasteiger partial charge in [0.05, 0.1) is 12.2 Å². The lowest BCUT2D eigenvalue weighted by molar-refractivity contribution is -0.254. The first-order valence-electron chi connectivity index (χ1n) is 12.1. The molecule has 6 heteroatoms. The molecule has 1 aromatic rings. The molecule has 6 atom stereocenters. The zero-order chi connectivity index (χ0) is 22.3. The minimum absolute atomic E-state index is 0.101. The van der Waals surface area contributed by atoms with Gasteiger partial charge in [0.2, 0.25) is 0 Å². The maximum Gasteiger partial charge on any atom is 0.187 e. The molecule has 176 valence electrons. The molecular weight excluding hydrogens is 394 g/mol. The second kappa shape index (κ2) is 11.7. The summed E-state index contributed by atoms with van der Waals surface area (Å²) in [5.74, 6) is -0.722. The van der Waals surface area contributed by atoms with E-state index in [1.165, 1.54) is 25.7 Å². The van der Waals surface area contributed by atoms with Crippen molar-refractivity contribution in [1.29, 1.82) is 0 Å². The first-order valence-corrected chi connectivity index (χ1v) is 12.1. The van der Waals surface area contributed by atoms with Crippen LogP contribution in [0.2, 0.25) is 0 Å². The van der Waals surface area contributed by atoms with E-state index in [1.807, 2.05) is 32.0 Å². The summed E-state index contributed by atoms with van der Waals surface area (Å²) in [7, 11) is 0. The van der Waals surface area contributed by atoms with Gasteiger partial charge < -0.3 is 29.4 Å². The second-order valence-electron chi connectivity index (χ2n) is 9.16. The van der Waals surface area contributed by atoms with Gasteiger partial charge in [-0.05, 0) is 38.8 Å². The van der Waals surface area contributed by atoms with Gasteiger partial charge in [0.25, 0.3) is 0 Å². The zero-order valence-corrected chi connectivity index (χ0v) is 19.6. The summed E-state index contributed by atoms with van der Waals surface area (Å²) in [5, 5.41) is 14.2. The highest BCUT2D eigenvalue weighted by molar-refractivity contribution is 5.17. The minimum atomic E-state index is -0.722. The van der Waals surface area contributed by atoms with Gasteiger partial charge in [0.15, 0.2) is 12.1 Å². The molecule has 1 unspecified atom stereocenters. The van der Waals surface area contributed by atoms with Crippen molar-refractivity contribution in [3.63, 3.8) is 0 Å². The summed E-state index contributed by atoms with van der Waals surface area (Å²) in [4.78, 5) is 0. The molecule has 6 nitrogen and oxygen atoms in total. The number of hydrogen-bond acceptors (Lipinski definition) is 6. The van der Waals surface area contributed by atoms with Crippen LogP contribution in [0.1, 0.15) is 77.9 Å². The fourth-order valence-electron chi connectivity index (χ4n) is 4.47. The summed E-state index contributed by atoms with van der Waals surface area (Å²) < 4.78 is 24.8. The quantitative estimate of drug-likeness (QED) is 0.450. The molecule has 31 heavy (non-hydrogen) atoms. The molecule has 0 spiro atoms. The Labute approximate surface area is 187 Å². The van der Waals surface area contributed by atoms with Crippen molar-refractivity contribution in [2.75, 3.05) is 13.1 Å². The van der Waals surface area contributed by atoms with Crippen LogP contribution in [0.15, 0.2) is 30.3 Å². The standard InChI is InChI=1S/C25H41NO5/c1-5-7-8-9-13-16-26-17-19(27)21-22-23(31-25(3,4)30-22)24(29-21)28-20(6-2)18-14-11-10-12-15-18/h10-12,14-15,19-24,26-27H,5-9,13,16-17H2,1-4H3/t19-,20?,21-,22+,23+,24+/m1/s1. The lowest BCUT2D eigenvalue weighted by atomic mass is 10.1. The molecule has 3 rings (SSSR count). The highest BCUT2D eigenvalue weighted by Crippen LogP contribution is 2.41. The van der Waals surface area contributed by atoms with Crippen LogP contribution in [0.4, 0.5) is 0 Å². The van der Waals surface area contributed by atoms with Gasteiger partial charge in [-0.1, -0.05) is 69.9 Å². The number of unbranched alkanes of at least 4 members (excludes halogenated alkanes) is 4. The number of fused-ring (bicyclic) bond motifs is 1. The van der Waals surface area contributed by atoms with E-state index in [9.17, 15) is 5.11 Å². The van der Waals surface area contributed by atoms with E-state index in [4.69, 9.17) is 18.9 Å². The predicted molar refractivity (Wildman–Crippen MR) is 121 cm³/mol. The third-order valence-corrected chi connectivity index (χ3v) is 6.08. The van der Waals surface area contributed by atoms with Crippen LogP contribution in [0.5, 0.6) is 0 Å². The van der Waals surface area contributed by atoms with Crippen molar-refractivity contribution in [2.45, 2.75) is 109 Å². The van der Waals surface area contributed by atoms with Crippen molar-refractivity contribution in [3.8, 4) is 0 Å². The average molecular weight is 436 g/mol. The summed E-state index contributed by atoms with van der Waals surface area (Å²) in [6, 6.07) is 10.1. The van der Waals surface area contributed by atoms with E-state index in [2.05, 4.69) is 31.3 Å². The average Bonchev–Trinajstić information content (AvgIpc) is 3.25. The summed E-state index contributed by atoms with van der Waals surface area (Å²) in [6.07, 6.45) is 4.41. The Bertz CT molecular complexity index is 640. The molecule has 0 bridgehead atoms. The van der Waals surface area contributed by atoms with Gasteiger partial charge >= 0.3 is 0 Å². The molecule has 0 aromatic heterocycles. The molecule has 0 aliphatic carbocycles. The van der Waals surface area contributed by atoms with E-state index >= 15 is 0 Å². The van der Waals surface area contributed by atoms with Gasteiger partial charge in [-0.3, -0.25) is 0 Å². The smallest absolute Gasteiger partial charge is 0.187 e. The van der Waals surface area contributed by atoms with Crippen molar-refractivity contribution < 1.29 is 24.1 Å². The van der Waals surface area contributed by atoms with Crippen LogP contribution in [0.25, 0.3) is 0 Å². The topological polar surface area (TPSA) is 69.2 Å². The van der Waals surface area contributed by atoms with Gasteiger partial charge in [-0.15, -0.1) is 0 Å². The number of nitrogens with one attached hydrogen (secondary N) is 1. The summed E-state index contributed by atoms with van der Waals surface area (Å²) in [6.45, 7) is 9.48.